The molecule has 1 unspecified atom stereocenters. The summed E-state index contributed by atoms with van der Waals surface area (Å²) in [7, 11) is 3.55. The van der Waals surface area contributed by atoms with Gasteiger partial charge < -0.3 is 14.8 Å². The summed E-state index contributed by atoms with van der Waals surface area (Å²) in [6.07, 6.45) is 1.95. The first-order valence-electron chi connectivity index (χ1n) is 8.69. The van der Waals surface area contributed by atoms with Crippen molar-refractivity contribution in [3.05, 3.63) is 36.0 Å². The van der Waals surface area contributed by atoms with Crippen LogP contribution in [0.4, 0.5) is 0 Å². The van der Waals surface area contributed by atoms with E-state index in [4.69, 9.17) is 0 Å². The summed E-state index contributed by atoms with van der Waals surface area (Å²) in [5.41, 5.74) is 2.37. The van der Waals surface area contributed by atoms with Crippen LogP contribution in [0.1, 0.15) is 12.5 Å². The summed E-state index contributed by atoms with van der Waals surface area (Å²) < 4.78 is 0. The number of nitrogens with one attached hydrogen (secondary N) is 1. The van der Waals surface area contributed by atoms with E-state index in [1.807, 2.05) is 6.20 Å². The molecule has 0 saturated carbocycles. The van der Waals surface area contributed by atoms with Gasteiger partial charge in [0.2, 0.25) is 11.8 Å². The maximum atomic E-state index is 12.5. The number of carbonyl (C=O) groups excluding carboxylic acids is 2. The second kappa shape index (κ2) is 7.27. The van der Waals surface area contributed by atoms with Gasteiger partial charge in [-0.2, -0.15) is 0 Å². The summed E-state index contributed by atoms with van der Waals surface area (Å²) in [4.78, 5) is 33.4. The molecule has 2 heterocycles. The lowest BCUT2D eigenvalue weighted by atomic mass is 10.1. The van der Waals surface area contributed by atoms with Gasteiger partial charge in [-0.3, -0.25) is 14.5 Å². The molecule has 6 nitrogen and oxygen atoms in total. The number of H-pyrrole nitrogens is 1. The molecule has 1 fully saturated rings. The maximum Gasteiger partial charge on any atom is 0.228 e. The minimum Gasteiger partial charge on any atom is -0.361 e. The van der Waals surface area contributed by atoms with Crippen molar-refractivity contribution in [2.75, 3.05) is 40.3 Å². The smallest absolute Gasteiger partial charge is 0.228 e. The molecule has 1 aromatic heterocycles. The Morgan fingerprint density at radius 1 is 1.20 bits per heavy atom. The summed E-state index contributed by atoms with van der Waals surface area (Å²) >= 11 is 0. The van der Waals surface area contributed by atoms with Gasteiger partial charge in [0.1, 0.15) is 0 Å². The number of hydrogen-bond donors (Lipinski definition) is 1. The van der Waals surface area contributed by atoms with E-state index in [0.29, 0.717) is 19.6 Å². The van der Waals surface area contributed by atoms with Gasteiger partial charge in [0.25, 0.3) is 0 Å². The van der Waals surface area contributed by atoms with Crippen molar-refractivity contribution < 1.29 is 9.59 Å². The van der Waals surface area contributed by atoms with Gasteiger partial charge in [-0.15, -0.1) is 0 Å². The van der Waals surface area contributed by atoms with Crippen molar-refractivity contribution in [2.45, 2.75) is 13.5 Å². The molecule has 1 aliphatic rings. The molecule has 1 aromatic carbocycles. The lowest BCUT2D eigenvalue weighted by molar-refractivity contribution is -0.135. The van der Waals surface area contributed by atoms with Crippen LogP contribution in [0, 0.1) is 5.92 Å². The molecule has 1 N–H and O–H groups in total. The molecule has 0 spiro atoms. The number of carbonyl (C=O) groups is 2. The van der Waals surface area contributed by atoms with Crippen molar-refractivity contribution in [2.24, 2.45) is 5.92 Å². The predicted molar refractivity (Wildman–Crippen MR) is 98.0 cm³/mol. The fourth-order valence-electron chi connectivity index (χ4n) is 3.56. The predicted octanol–water partition coefficient (Wildman–Crippen LogP) is 1.54. The molecule has 2 aromatic rings. The Hall–Kier alpha value is -2.34. The number of aromatic nitrogens is 1. The van der Waals surface area contributed by atoms with Crippen molar-refractivity contribution in [3.63, 3.8) is 0 Å². The van der Waals surface area contributed by atoms with Crippen LogP contribution >= 0.6 is 0 Å². The number of aromatic amines is 1. The van der Waals surface area contributed by atoms with Gasteiger partial charge in [-0.05, 0) is 17.7 Å². The first-order valence-corrected chi connectivity index (χ1v) is 8.69. The zero-order valence-corrected chi connectivity index (χ0v) is 15.2. The van der Waals surface area contributed by atoms with E-state index in [1.54, 1.807) is 30.8 Å². The Morgan fingerprint density at radius 3 is 2.72 bits per heavy atom. The zero-order valence-electron chi connectivity index (χ0n) is 15.2. The summed E-state index contributed by atoms with van der Waals surface area (Å²) in [6.45, 7) is 4.96. The second-order valence-corrected chi connectivity index (χ2v) is 6.99. The monoisotopic (exact) mass is 342 g/mol. The lowest BCUT2D eigenvalue weighted by Gasteiger charge is -2.26. The van der Waals surface area contributed by atoms with E-state index in [2.05, 4.69) is 34.1 Å². The molecule has 134 valence electrons. The lowest BCUT2D eigenvalue weighted by Crippen LogP contribution is -2.41. The number of hydrogen-bond acceptors (Lipinski definition) is 3. The Balaban J connectivity index is 1.81. The molecular weight excluding hydrogens is 316 g/mol. The number of amides is 2. The van der Waals surface area contributed by atoms with Gasteiger partial charge in [0.15, 0.2) is 0 Å². The van der Waals surface area contributed by atoms with Crippen molar-refractivity contribution >= 4 is 22.7 Å². The summed E-state index contributed by atoms with van der Waals surface area (Å²) in [6, 6.07) is 8.34. The zero-order chi connectivity index (χ0) is 18.0. The van der Waals surface area contributed by atoms with E-state index in [0.717, 1.165) is 18.6 Å². The Kier molecular flexibility index (Phi) is 5.08. The molecule has 0 radical (unpaired) electrons. The first-order chi connectivity index (χ1) is 12.0. The van der Waals surface area contributed by atoms with Gasteiger partial charge in [0, 0.05) is 70.8 Å². The van der Waals surface area contributed by atoms with Crippen molar-refractivity contribution in [1.82, 2.24) is 19.7 Å². The molecule has 1 saturated heterocycles. The number of fused-ring (bicyclic) bond motifs is 1. The topological polar surface area (TPSA) is 59.7 Å². The molecule has 0 aliphatic carbocycles. The molecule has 6 heteroatoms. The fourth-order valence-corrected chi connectivity index (χ4v) is 3.56. The third-order valence-corrected chi connectivity index (χ3v) is 4.92. The van der Waals surface area contributed by atoms with Crippen molar-refractivity contribution in [1.29, 1.82) is 0 Å². The number of nitrogens with zero attached hydrogens (tertiary/aromatic N) is 3. The van der Waals surface area contributed by atoms with E-state index < -0.39 is 0 Å². The molecule has 2 amide bonds. The second-order valence-electron chi connectivity index (χ2n) is 6.99. The van der Waals surface area contributed by atoms with Gasteiger partial charge >= 0.3 is 0 Å². The maximum absolute atomic E-state index is 12.5. The normalized spacial score (nSPS) is 19.0. The standard InChI is InChI=1S/C19H26N4O2/c1-14(24)23-10-9-22(12-16(13-23)19(25)21(2)3)11-15-5-4-6-18-17(15)7-8-20-18/h4-8,16,20H,9-13H2,1-3H3. The fraction of sp³-hybridized carbons (Fsp3) is 0.474. The molecule has 3 rings (SSSR count). The molecule has 0 bridgehead atoms. The molecular formula is C19H26N4O2. The van der Waals surface area contributed by atoms with Crippen LogP contribution in [0.15, 0.2) is 30.5 Å². The Labute approximate surface area is 148 Å². The average Bonchev–Trinajstić information content (AvgIpc) is 2.95. The SMILES string of the molecule is CC(=O)N1CCN(Cc2cccc3[nH]ccc23)CC(C(=O)N(C)C)C1. The highest BCUT2D eigenvalue weighted by atomic mass is 16.2. The third-order valence-electron chi connectivity index (χ3n) is 4.92. The van der Waals surface area contributed by atoms with Gasteiger partial charge in [-0.25, -0.2) is 0 Å². The van der Waals surface area contributed by atoms with Crippen LogP contribution in [-0.2, 0) is 16.1 Å². The highest BCUT2D eigenvalue weighted by Crippen LogP contribution is 2.21. The Morgan fingerprint density at radius 2 is 2.00 bits per heavy atom. The van der Waals surface area contributed by atoms with Crippen LogP contribution < -0.4 is 0 Å². The van der Waals surface area contributed by atoms with E-state index in [9.17, 15) is 9.59 Å². The third kappa shape index (κ3) is 3.85. The van der Waals surface area contributed by atoms with E-state index in [1.165, 1.54) is 10.9 Å². The quantitative estimate of drug-likeness (QED) is 0.920. The van der Waals surface area contributed by atoms with E-state index in [-0.39, 0.29) is 17.7 Å². The first kappa shape index (κ1) is 17.5. The minimum atomic E-state index is -0.188. The molecule has 1 atom stereocenters. The van der Waals surface area contributed by atoms with Gasteiger partial charge in [-0.1, -0.05) is 12.1 Å². The highest BCUT2D eigenvalue weighted by Gasteiger charge is 2.30. The van der Waals surface area contributed by atoms with Crippen LogP contribution in [0.2, 0.25) is 0 Å². The summed E-state index contributed by atoms with van der Waals surface area (Å²) in [5, 5.41) is 1.21. The minimum absolute atomic E-state index is 0.0335. The van der Waals surface area contributed by atoms with Gasteiger partial charge in [0.05, 0.1) is 5.92 Å². The van der Waals surface area contributed by atoms with E-state index >= 15 is 0 Å². The Bertz CT molecular complexity index is 768. The highest BCUT2D eigenvalue weighted by molar-refractivity contribution is 5.83. The average molecular weight is 342 g/mol. The van der Waals surface area contributed by atoms with Crippen molar-refractivity contribution in [3.8, 4) is 0 Å². The molecule has 25 heavy (non-hydrogen) atoms. The van der Waals surface area contributed by atoms with Crippen LogP contribution in [0.25, 0.3) is 10.9 Å². The molecule has 1 aliphatic heterocycles. The van der Waals surface area contributed by atoms with Crippen LogP contribution in [-0.4, -0.2) is 71.8 Å². The largest absolute Gasteiger partial charge is 0.361 e. The number of benzene rings is 1. The summed E-state index contributed by atoms with van der Waals surface area (Å²) in [5.74, 6) is -0.0732. The van der Waals surface area contributed by atoms with Crippen LogP contribution in [0.3, 0.4) is 0 Å². The number of rotatable bonds is 3. The van der Waals surface area contributed by atoms with Crippen LogP contribution in [0.5, 0.6) is 0 Å².